The van der Waals surface area contributed by atoms with Crippen LogP contribution in [0.15, 0.2) is 24.3 Å². The molecule has 0 bridgehead atoms. The molecule has 1 aromatic rings. The third kappa shape index (κ3) is 1.63. The van der Waals surface area contributed by atoms with Gasteiger partial charge in [0.1, 0.15) is 0 Å². The van der Waals surface area contributed by atoms with Gasteiger partial charge in [0.15, 0.2) is 0 Å². The Morgan fingerprint density at radius 1 is 1.00 bits per heavy atom. The molecule has 1 aromatic carbocycles. The van der Waals surface area contributed by atoms with Gasteiger partial charge in [-0.1, -0.05) is 49.6 Å². The van der Waals surface area contributed by atoms with E-state index in [0.717, 1.165) is 0 Å². The first-order chi connectivity index (χ1) is 6.21. The molecule has 13 heavy (non-hydrogen) atoms. The number of hydrogen-bond donors (Lipinski definition) is 0. The second-order valence-electron chi connectivity index (χ2n) is 4.63. The molecule has 0 amide bonds. The second-order valence-corrected chi connectivity index (χ2v) is 4.63. The van der Waals surface area contributed by atoms with Gasteiger partial charge in [-0.15, -0.1) is 0 Å². The lowest BCUT2D eigenvalue weighted by Gasteiger charge is -2.24. The van der Waals surface area contributed by atoms with Crippen molar-refractivity contribution in [2.75, 3.05) is 0 Å². The summed E-state index contributed by atoms with van der Waals surface area (Å²) in [4.78, 5) is 0. The fourth-order valence-corrected chi connectivity index (χ4v) is 2.40. The Labute approximate surface area is 81.0 Å². The van der Waals surface area contributed by atoms with E-state index >= 15 is 0 Å². The Hall–Kier alpha value is -0.780. The minimum Gasteiger partial charge on any atom is -0.0590 e. The normalized spacial score (nSPS) is 20.5. The highest BCUT2D eigenvalue weighted by molar-refractivity contribution is 5.28. The van der Waals surface area contributed by atoms with Gasteiger partial charge >= 0.3 is 0 Å². The Bertz CT molecular complexity index is 275. The first kappa shape index (κ1) is 8.80. The molecule has 0 spiro atoms. The molecular weight excluding hydrogens is 156 g/mol. The maximum absolute atomic E-state index is 2.41. The van der Waals surface area contributed by atoms with Gasteiger partial charge in [-0.25, -0.2) is 0 Å². The SMILES string of the molecule is Cc1ccc(C2(C)CCCC2)cc1. The molecule has 0 N–H and O–H groups in total. The van der Waals surface area contributed by atoms with Crippen molar-refractivity contribution in [3.63, 3.8) is 0 Å². The summed E-state index contributed by atoms with van der Waals surface area (Å²) in [5.41, 5.74) is 3.38. The Morgan fingerprint density at radius 3 is 2.08 bits per heavy atom. The molecule has 0 nitrogen and oxygen atoms in total. The molecule has 0 radical (unpaired) electrons. The lowest BCUT2D eigenvalue weighted by atomic mass is 9.81. The third-order valence-corrected chi connectivity index (χ3v) is 3.46. The van der Waals surface area contributed by atoms with Gasteiger partial charge in [0.2, 0.25) is 0 Å². The van der Waals surface area contributed by atoms with Gasteiger partial charge in [0.05, 0.1) is 0 Å². The number of aryl methyl sites for hydroxylation is 1. The average molecular weight is 174 g/mol. The molecule has 0 saturated heterocycles. The van der Waals surface area contributed by atoms with Crippen molar-refractivity contribution in [2.45, 2.75) is 44.9 Å². The van der Waals surface area contributed by atoms with Crippen LogP contribution in [0.3, 0.4) is 0 Å². The predicted molar refractivity (Wildman–Crippen MR) is 57.0 cm³/mol. The van der Waals surface area contributed by atoms with Crippen LogP contribution in [0.2, 0.25) is 0 Å². The van der Waals surface area contributed by atoms with Gasteiger partial charge < -0.3 is 0 Å². The van der Waals surface area contributed by atoms with E-state index in [1.807, 2.05) is 0 Å². The highest BCUT2D eigenvalue weighted by Gasteiger charge is 2.29. The Balaban J connectivity index is 2.29. The molecule has 0 aliphatic heterocycles. The van der Waals surface area contributed by atoms with E-state index in [1.54, 1.807) is 0 Å². The summed E-state index contributed by atoms with van der Waals surface area (Å²) < 4.78 is 0. The fraction of sp³-hybridized carbons (Fsp3) is 0.538. The maximum atomic E-state index is 2.41. The molecule has 1 fully saturated rings. The van der Waals surface area contributed by atoms with Crippen molar-refractivity contribution in [3.05, 3.63) is 35.4 Å². The van der Waals surface area contributed by atoms with Crippen molar-refractivity contribution in [2.24, 2.45) is 0 Å². The highest BCUT2D eigenvalue weighted by atomic mass is 14.3. The van der Waals surface area contributed by atoms with Gasteiger partial charge in [-0.05, 0) is 30.7 Å². The van der Waals surface area contributed by atoms with E-state index in [0.29, 0.717) is 5.41 Å². The molecule has 2 rings (SSSR count). The van der Waals surface area contributed by atoms with Crippen molar-refractivity contribution in [1.82, 2.24) is 0 Å². The maximum Gasteiger partial charge on any atom is -0.00752 e. The van der Waals surface area contributed by atoms with Crippen LogP contribution in [0.4, 0.5) is 0 Å². The first-order valence-corrected chi connectivity index (χ1v) is 5.28. The first-order valence-electron chi connectivity index (χ1n) is 5.28. The molecule has 0 aromatic heterocycles. The summed E-state index contributed by atoms with van der Waals surface area (Å²) in [6.07, 6.45) is 5.56. The molecule has 0 atom stereocenters. The van der Waals surface area contributed by atoms with Gasteiger partial charge in [-0.3, -0.25) is 0 Å². The van der Waals surface area contributed by atoms with Gasteiger partial charge in [0.25, 0.3) is 0 Å². The van der Waals surface area contributed by atoms with Crippen molar-refractivity contribution < 1.29 is 0 Å². The van der Waals surface area contributed by atoms with Crippen LogP contribution < -0.4 is 0 Å². The van der Waals surface area contributed by atoms with Crippen molar-refractivity contribution in [1.29, 1.82) is 0 Å². The summed E-state index contributed by atoms with van der Waals surface area (Å²) in [7, 11) is 0. The van der Waals surface area contributed by atoms with E-state index in [1.165, 1.54) is 36.8 Å². The largest absolute Gasteiger partial charge is 0.0590 e. The van der Waals surface area contributed by atoms with E-state index in [4.69, 9.17) is 0 Å². The lowest BCUT2D eigenvalue weighted by molar-refractivity contribution is 0.491. The number of rotatable bonds is 1. The van der Waals surface area contributed by atoms with Crippen molar-refractivity contribution in [3.8, 4) is 0 Å². The average Bonchev–Trinajstić information content (AvgIpc) is 2.54. The standard InChI is InChI=1S/C13H18/c1-11-5-7-12(8-6-11)13(2)9-3-4-10-13/h5-8H,3-4,9-10H2,1-2H3. The van der Waals surface area contributed by atoms with Crippen LogP contribution in [0.5, 0.6) is 0 Å². The molecule has 0 heteroatoms. The quantitative estimate of drug-likeness (QED) is 0.607. The monoisotopic (exact) mass is 174 g/mol. The molecule has 1 aliphatic carbocycles. The van der Waals surface area contributed by atoms with Gasteiger partial charge in [-0.2, -0.15) is 0 Å². The van der Waals surface area contributed by atoms with Crippen LogP contribution >= 0.6 is 0 Å². The summed E-state index contributed by atoms with van der Waals surface area (Å²) in [5, 5.41) is 0. The number of benzene rings is 1. The molecule has 0 heterocycles. The summed E-state index contributed by atoms with van der Waals surface area (Å²) in [6, 6.07) is 9.08. The Kier molecular flexibility index (Phi) is 2.15. The Morgan fingerprint density at radius 2 is 1.54 bits per heavy atom. The summed E-state index contributed by atoms with van der Waals surface area (Å²) >= 11 is 0. The second kappa shape index (κ2) is 3.17. The van der Waals surface area contributed by atoms with Crippen LogP contribution in [0.1, 0.15) is 43.7 Å². The van der Waals surface area contributed by atoms with Crippen LogP contribution in [-0.2, 0) is 5.41 Å². The zero-order valence-electron chi connectivity index (χ0n) is 8.64. The van der Waals surface area contributed by atoms with E-state index in [9.17, 15) is 0 Å². The van der Waals surface area contributed by atoms with Crippen LogP contribution in [0, 0.1) is 6.92 Å². The molecule has 1 aliphatic rings. The summed E-state index contributed by atoms with van der Waals surface area (Å²) in [6.45, 7) is 4.56. The summed E-state index contributed by atoms with van der Waals surface area (Å²) in [5.74, 6) is 0. The molecular formula is C13H18. The minimum absolute atomic E-state index is 0.480. The van der Waals surface area contributed by atoms with E-state index < -0.39 is 0 Å². The van der Waals surface area contributed by atoms with Crippen LogP contribution in [-0.4, -0.2) is 0 Å². The molecule has 70 valence electrons. The highest BCUT2D eigenvalue weighted by Crippen LogP contribution is 2.40. The van der Waals surface area contributed by atoms with E-state index in [2.05, 4.69) is 38.1 Å². The smallest absolute Gasteiger partial charge is 0.00752 e. The lowest BCUT2D eigenvalue weighted by Crippen LogP contribution is -2.16. The molecule has 0 unspecified atom stereocenters. The van der Waals surface area contributed by atoms with E-state index in [-0.39, 0.29) is 0 Å². The third-order valence-electron chi connectivity index (χ3n) is 3.46. The zero-order valence-corrected chi connectivity index (χ0v) is 8.64. The fourth-order valence-electron chi connectivity index (χ4n) is 2.40. The predicted octanol–water partition coefficient (Wildman–Crippen LogP) is 3.83. The number of hydrogen-bond acceptors (Lipinski definition) is 0. The zero-order chi connectivity index (χ0) is 9.31. The van der Waals surface area contributed by atoms with Crippen molar-refractivity contribution >= 4 is 0 Å². The minimum atomic E-state index is 0.480. The topological polar surface area (TPSA) is 0 Å². The molecule has 1 saturated carbocycles. The van der Waals surface area contributed by atoms with Gasteiger partial charge in [0, 0.05) is 0 Å². The van der Waals surface area contributed by atoms with Crippen LogP contribution in [0.25, 0.3) is 0 Å².